The van der Waals surface area contributed by atoms with Crippen molar-refractivity contribution in [3.05, 3.63) is 23.8 Å². The van der Waals surface area contributed by atoms with Crippen molar-refractivity contribution in [1.82, 2.24) is 9.62 Å². The van der Waals surface area contributed by atoms with Crippen molar-refractivity contribution in [2.45, 2.75) is 43.9 Å². The number of rotatable bonds is 6. The second kappa shape index (κ2) is 7.98. The summed E-state index contributed by atoms with van der Waals surface area (Å²) in [5, 5.41) is 2.93. The molecular formula is C19H27N3O4S. The van der Waals surface area contributed by atoms with Gasteiger partial charge in [0.05, 0.1) is 11.3 Å². The van der Waals surface area contributed by atoms with E-state index >= 15 is 0 Å². The molecule has 1 aromatic carbocycles. The van der Waals surface area contributed by atoms with Gasteiger partial charge in [0.2, 0.25) is 21.8 Å². The number of nitrogens with zero attached hydrogens (tertiary/aromatic N) is 2. The largest absolute Gasteiger partial charge is 0.356 e. The van der Waals surface area contributed by atoms with Gasteiger partial charge in [-0.15, -0.1) is 0 Å². The topological polar surface area (TPSA) is 86.8 Å². The Morgan fingerprint density at radius 2 is 1.96 bits per heavy atom. The summed E-state index contributed by atoms with van der Waals surface area (Å²) in [7, 11) is -1.92. The summed E-state index contributed by atoms with van der Waals surface area (Å²) in [5.41, 5.74) is 1.51. The van der Waals surface area contributed by atoms with Crippen LogP contribution in [0.4, 0.5) is 5.69 Å². The lowest BCUT2D eigenvalue weighted by atomic mass is 9.97. The highest BCUT2D eigenvalue weighted by molar-refractivity contribution is 7.89. The first kappa shape index (κ1) is 19.8. The summed E-state index contributed by atoms with van der Waals surface area (Å²) in [6, 6.07) is 4.86. The molecule has 0 atom stereocenters. The SMILES string of the molecule is CCCCNC(=O)C1CCN(S(=O)(=O)c2ccc3c(c2)CC(=O)N3C)CC1. The van der Waals surface area contributed by atoms with E-state index < -0.39 is 10.0 Å². The van der Waals surface area contributed by atoms with Crippen molar-refractivity contribution in [2.24, 2.45) is 5.92 Å². The van der Waals surface area contributed by atoms with Gasteiger partial charge in [-0.25, -0.2) is 8.42 Å². The third kappa shape index (κ3) is 4.01. The maximum absolute atomic E-state index is 13.0. The molecule has 2 aliphatic heterocycles. The van der Waals surface area contributed by atoms with E-state index in [1.54, 1.807) is 30.1 Å². The summed E-state index contributed by atoms with van der Waals surface area (Å²) in [5.74, 6) is -0.131. The van der Waals surface area contributed by atoms with Gasteiger partial charge in [0, 0.05) is 38.3 Å². The number of likely N-dealkylation sites (N-methyl/N-ethyl adjacent to an activating group) is 1. The molecule has 7 nitrogen and oxygen atoms in total. The minimum Gasteiger partial charge on any atom is -0.356 e. The molecule has 1 saturated heterocycles. The number of amides is 2. The Labute approximate surface area is 160 Å². The Bertz CT molecular complexity index is 829. The number of carbonyl (C=O) groups excluding carboxylic acids is 2. The quantitative estimate of drug-likeness (QED) is 0.743. The monoisotopic (exact) mass is 393 g/mol. The predicted octanol–water partition coefficient (Wildman–Crippen LogP) is 1.52. The smallest absolute Gasteiger partial charge is 0.243 e. The van der Waals surface area contributed by atoms with Crippen LogP contribution in [0, 0.1) is 5.92 Å². The predicted molar refractivity (Wildman–Crippen MR) is 103 cm³/mol. The fourth-order valence-electron chi connectivity index (χ4n) is 3.65. The average molecular weight is 394 g/mol. The molecule has 2 amide bonds. The Morgan fingerprint density at radius 1 is 1.26 bits per heavy atom. The molecule has 0 saturated carbocycles. The van der Waals surface area contributed by atoms with E-state index in [4.69, 9.17) is 0 Å². The first-order valence-corrected chi connectivity index (χ1v) is 11.0. The average Bonchev–Trinajstić information content (AvgIpc) is 2.95. The van der Waals surface area contributed by atoms with Crippen LogP contribution in [0.15, 0.2) is 23.1 Å². The molecule has 0 radical (unpaired) electrons. The number of nitrogens with one attached hydrogen (secondary N) is 1. The maximum Gasteiger partial charge on any atom is 0.243 e. The van der Waals surface area contributed by atoms with E-state index in [1.807, 2.05) is 0 Å². The van der Waals surface area contributed by atoms with Crippen molar-refractivity contribution >= 4 is 27.5 Å². The fraction of sp³-hybridized carbons (Fsp3) is 0.579. The van der Waals surface area contributed by atoms with Gasteiger partial charge in [0.25, 0.3) is 0 Å². The molecule has 0 aromatic heterocycles. The van der Waals surface area contributed by atoms with E-state index in [9.17, 15) is 18.0 Å². The number of hydrogen-bond donors (Lipinski definition) is 1. The van der Waals surface area contributed by atoms with Gasteiger partial charge in [-0.3, -0.25) is 9.59 Å². The lowest BCUT2D eigenvalue weighted by molar-refractivity contribution is -0.126. The number of sulfonamides is 1. The summed E-state index contributed by atoms with van der Waals surface area (Å²) >= 11 is 0. The van der Waals surface area contributed by atoms with Crippen molar-refractivity contribution in [2.75, 3.05) is 31.6 Å². The Hall–Kier alpha value is -1.93. The lowest BCUT2D eigenvalue weighted by Crippen LogP contribution is -2.43. The Balaban J connectivity index is 1.65. The highest BCUT2D eigenvalue weighted by Gasteiger charge is 2.33. The first-order valence-electron chi connectivity index (χ1n) is 9.52. The molecular weight excluding hydrogens is 366 g/mol. The van der Waals surface area contributed by atoms with Crippen LogP contribution in [-0.2, 0) is 26.0 Å². The number of benzene rings is 1. The van der Waals surface area contributed by atoms with E-state index in [0.717, 1.165) is 24.1 Å². The van der Waals surface area contributed by atoms with Crippen LogP contribution < -0.4 is 10.2 Å². The Kier molecular flexibility index (Phi) is 5.86. The van der Waals surface area contributed by atoms with Crippen molar-refractivity contribution in [3.8, 4) is 0 Å². The van der Waals surface area contributed by atoms with Crippen molar-refractivity contribution in [3.63, 3.8) is 0 Å². The number of unbranched alkanes of at least 4 members (excludes halogenated alkanes) is 1. The van der Waals surface area contributed by atoms with E-state index in [0.29, 0.717) is 32.5 Å². The molecule has 27 heavy (non-hydrogen) atoms. The van der Waals surface area contributed by atoms with E-state index in [2.05, 4.69) is 12.2 Å². The number of hydrogen-bond acceptors (Lipinski definition) is 4. The summed E-state index contributed by atoms with van der Waals surface area (Å²) < 4.78 is 27.4. The number of carbonyl (C=O) groups is 2. The molecule has 1 fully saturated rings. The van der Waals surface area contributed by atoms with Crippen LogP contribution in [-0.4, -0.2) is 51.2 Å². The fourth-order valence-corrected chi connectivity index (χ4v) is 5.17. The zero-order valence-electron chi connectivity index (χ0n) is 15.9. The second-order valence-electron chi connectivity index (χ2n) is 7.24. The van der Waals surface area contributed by atoms with E-state index in [-0.39, 0.29) is 29.0 Å². The van der Waals surface area contributed by atoms with Crippen LogP contribution in [0.2, 0.25) is 0 Å². The summed E-state index contributed by atoms with van der Waals surface area (Å²) in [6.07, 6.45) is 3.27. The normalized spacial score (nSPS) is 18.6. The number of piperidine rings is 1. The molecule has 8 heteroatoms. The molecule has 148 valence electrons. The summed E-state index contributed by atoms with van der Waals surface area (Å²) in [6.45, 7) is 3.42. The molecule has 2 aliphatic rings. The minimum atomic E-state index is -3.62. The van der Waals surface area contributed by atoms with Crippen molar-refractivity contribution in [1.29, 1.82) is 0 Å². The molecule has 0 unspecified atom stereocenters. The third-order valence-electron chi connectivity index (χ3n) is 5.42. The maximum atomic E-state index is 13.0. The van der Waals surface area contributed by atoms with Crippen LogP contribution in [0.25, 0.3) is 0 Å². The molecule has 2 heterocycles. The van der Waals surface area contributed by atoms with E-state index in [1.165, 1.54) is 4.31 Å². The van der Waals surface area contributed by atoms with Gasteiger partial charge in [-0.2, -0.15) is 4.31 Å². The lowest BCUT2D eigenvalue weighted by Gasteiger charge is -2.30. The van der Waals surface area contributed by atoms with Crippen LogP contribution in [0.1, 0.15) is 38.2 Å². The standard InChI is InChI=1S/C19H27N3O4S/c1-3-4-9-20-19(24)14-7-10-22(11-8-14)27(25,26)16-5-6-17-15(12-16)13-18(23)21(17)2/h5-6,12,14H,3-4,7-11,13H2,1-2H3,(H,20,24). The molecule has 0 spiro atoms. The number of anilines is 1. The highest BCUT2D eigenvalue weighted by Crippen LogP contribution is 2.31. The Morgan fingerprint density at radius 3 is 2.63 bits per heavy atom. The first-order chi connectivity index (χ1) is 12.8. The molecule has 3 rings (SSSR count). The zero-order chi connectivity index (χ0) is 19.6. The molecule has 0 aliphatic carbocycles. The molecule has 1 aromatic rings. The van der Waals surface area contributed by atoms with Gasteiger partial charge in [0.15, 0.2) is 0 Å². The number of fused-ring (bicyclic) bond motifs is 1. The van der Waals surface area contributed by atoms with Crippen LogP contribution >= 0.6 is 0 Å². The zero-order valence-corrected chi connectivity index (χ0v) is 16.7. The van der Waals surface area contributed by atoms with Gasteiger partial charge in [-0.1, -0.05) is 13.3 Å². The third-order valence-corrected chi connectivity index (χ3v) is 7.31. The molecule has 0 bridgehead atoms. The van der Waals surface area contributed by atoms with Gasteiger partial charge < -0.3 is 10.2 Å². The van der Waals surface area contributed by atoms with Gasteiger partial charge >= 0.3 is 0 Å². The van der Waals surface area contributed by atoms with Gasteiger partial charge in [0.1, 0.15) is 0 Å². The van der Waals surface area contributed by atoms with Crippen LogP contribution in [0.3, 0.4) is 0 Å². The van der Waals surface area contributed by atoms with Crippen molar-refractivity contribution < 1.29 is 18.0 Å². The molecule has 1 N–H and O–H groups in total. The minimum absolute atomic E-state index is 0.0274. The highest BCUT2D eigenvalue weighted by atomic mass is 32.2. The van der Waals surface area contributed by atoms with Gasteiger partial charge in [-0.05, 0) is 43.0 Å². The van der Waals surface area contributed by atoms with Crippen LogP contribution in [0.5, 0.6) is 0 Å². The summed E-state index contributed by atoms with van der Waals surface area (Å²) in [4.78, 5) is 25.8. The second-order valence-corrected chi connectivity index (χ2v) is 9.18.